The van der Waals surface area contributed by atoms with E-state index in [2.05, 4.69) is 10.3 Å². The van der Waals surface area contributed by atoms with E-state index in [-0.39, 0.29) is 0 Å². The number of nitrogens with one attached hydrogen (secondary N) is 1. The molecule has 2 rings (SSSR count). The van der Waals surface area contributed by atoms with E-state index < -0.39 is 11.6 Å². The highest BCUT2D eigenvalue weighted by Gasteiger charge is 2.07. The quantitative estimate of drug-likeness (QED) is 0.836. The molecule has 0 radical (unpaired) electrons. The Bertz CT molecular complexity index is 529. The van der Waals surface area contributed by atoms with Crippen LogP contribution in [-0.4, -0.2) is 11.5 Å². The lowest BCUT2D eigenvalue weighted by Crippen LogP contribution is -1.94. The maximum absolute atomic E-state index is 13.4. The second-order valence-electron chi connectivity index (χ2n) is 3.53. The molecule has 2 aromatic rings. The van der Waals surface area contributed by atoms with E-state index in [9.17, 15) is 8.78 Å². The van der Waals surface area contributed by atoms with Crippen LogP contribution in [0.1, 0.15) is 11.8 Å². The number of rotatable bonds is 5. The standard InChI is InChI=1S/C12H12F2N2S2/c1-2-15-12-16-6-9(18-12)7-17-11-5-8(13)3-4-10(11)14/h3-6H,2,7H2,1H3,(H,15,16). The molecular formula is C12H12F2N2S2. The molecule has 6 heteroatoms. The van der Waals surface area contributed by atoms with Gasteiger partial charge in [-0.05, 0) is 25.1 Å². The molecule has 0 fully saturated rings. The van der Waals surface area contributed by atoms with Crippen molar-refractivity contribution in [2.75, 3.05) is 11.9 Å². The number of thiazole rings is 1. The number of aromatic nitrogens is 1. The van der Waals surface area contributed by atoms with Gasteiger partial charge in [-0.1, -0.05) is 0 Å². The van der Waals surface area contributed by atoms with Gasteiger partial charge in [0, 0.05) is 28.3 Å². The number of hydrogen-bond acceptors (Lipinski definition) is 4. The zero-order valence-electron chi connectivity index (χ0n) is 9.74. The van der Waals surface area contributed by atoms with Gasteiger partial charge in [0.1, 0.15) is 11.6 Å². The third kappa shape index (κ3) is 3.43. The molecule has 1 N–H and O–H groups in total. The van der Waals surface area contributed by atoms with Crippen LogP contribution in [0, 0.1) is 11.6 Å². The maximum atomic E-state index is 13.4. The summed E-state index contributed by atoms with van der Waals surface area (Å²) >= 11 is 2.80. The van der Waals surface area contributed by atoms with Gasteiger partial charge in [-0.3, -0.25) is 0 Å². The van der Waals surface area contributed by atoms with Gasteiger partial charge >= 0.3 is 0 Å². The van der Waals surface area contributed by atoms with Crippen molar-refractivity contribution < 1.29 is 8.78 Å². The van der Waals surface area contributed by atoms with Gasteiger partial charge in [0.2, 0.25) is 0 Å². The van der Waals surface area contributed by atoms with E-state index in [0.717, 1.165) is 28.7 Å². The average molecular weight is 286 g/mol. The van der Waals surface area contributed by atoms with E-state index in [0.29, 0.717) is 10.6 Å². The molecule has 0 unspecified atom stereocenters. The zero-order chi connectivity index (χ0) is 13.0. The van der Waals surface area contributed by atoms with Crippen molar-refractivity contribution in [1.82, 2.24) is 4.98 Å². The van der Waals surface area contributed by atoms with Gasteiger partial charge in [-0.25, -0.2) is 13.8 Å². The van der Waals surface area contributed by atoms with Crippen LogP contribution in [0.25, 0.3) is 0 Å². The Kier molecular flexibility index (Phi) is 4.54. The summed E-state index contributed by atoms with van der Waals surface area (Å²) in [6, 6.07) is 3.48. The Morgan fingerprint density at radius 2 is 2.22 bits per heavy atom. The molecule has 1 aromatic carbocycles. The fourth-order valence-electron chi connectivity index (χ4n) is 1.34. The number of hydrogen-bond donors (Lipinski definition) is 1. The molecule has 0 aliphatic carbocycles. The molecular weight excluding hydrogens is 274 g/mol. The highest BCUT2D eigenvalue weighted by molar-refractivity contribution is 7.98. The first-order valence-corrected chi connectivity index (χ1v) is 7.25. The first-order valence-electron chi connectivity index (χ1n) is 5.45. The summed E-state index contributed by atoms with van der Waals surface area (Å²) in [5.74, 6) is -0.224. The Morgan fingerprint density at radius 1 is 1.39 bits per heavy atom. The molecule has 0 saturated heterocycles. The average Bonchev–Trinajstić information content (AvgIpc) is 2.79. The van der Waals surface area contributed by atoms with Crippen molar-refractivity contribution in [3.63, 3.8) is 0 Å². The van der Waals surface area contributed by atoms with E-state index in [1.54, 1.807) is 6.20 Å². The Balaban J connectivity index is 1.99. The fraction of sp³-hybridized carbons (Fsp3) is 0.250. The van der Waals surface area contributed by atoms with Gasteiger partial charge in [0.25, 0.3) is 0 Å². The first kappa shape index (κ1) is 13.3. The highest BCUT2D eigenvalue weighted by atomic mass is 32.2. The van der Waals surface area contributed by atoms with Crippen LogP contribution in [0.15, 0.2) is 29.3 Å². The van der Waals surface area contributed by atoms with Crippen LogP contribution < -0.4 is 5.32 Å². The van der Waals surface area contributed by atoms with Crippen molar-refractivity contribution in [3.8, 4) is 0 Å². The highest BCUT2D eigenvalue weighted by Crippen LogP contribution is 2.29. The summed E-state index contributed by atoms with van der Waals surface area (Å²) in [7, 11) is 0. The van der Waals surface area contributed by atoms with E-state index in [1.165, 1.54) is 29.2 Å². The number of thioether (sulfide) groups is 1. The second-order valence-corrected chi connectivity index (χ2v) is 5.66. The van der Waals surface area contributed by atoms with Gasteiger partial charge < -0.3 is 5.32 Å². The number of benzene rings is 1. The zero-order valence-corrected chi connectivity index (χ0v) is 11.4. The van der Waals surface area contributed by atoms with Gasteiger partial charge in [-0.15, -0.1) is 23.1 Å². The van der Waals surface area contributed by atoms with Crippen molar-refractivity contribution in [1.29, 1.82) is 0 Å². The molecule has 0 aliphatic heterocycles. The van der Waals surface area contributed by atoms with E-state index in [4.69, 9.17) is 0 Å². The summed E-state index contributed by atoms with van der Waals surface area (Å²) in [4.78, 5) is 5.54. The van der Waals surface area contributed by atoms with E-state index >= 15 is 0 Å². The van der Waals surface area contributed by atoms with Crippen LogP contribution in [0.5, 0.6) is 0 Å². The van der Waals surface area contributed by atoms with Crippen LogP contribution in [0.4, 0.5) is 13.9 Å². The van der Waals surface area contributed by atoms with Crippen molar-refractivity contribution in [3.05, 3.63) is 40.9 Å². The Morgan fingerprint density at radius 3 is 3.00 bits per heavy atom. The summed E-state index contributed by atoms with van der Waals surface area (Å²) in [6.45, 7) is 2.82. The second kappa shape index (κ2) is 6.15. The summed E-state index contributed by atoms with van der Waals surface area (Å²) in [5, 5.41) is 3.97. The lowest BCUT2D eigenvalue weighted by molar-refractivity contribution is 0.577. The Hall–Kier alpha value is -1.14. The lowest BCUT2D eigenvalue weighted by atomic mass is 10.3. The number of anilines is 1. The van der Waals surface area contributed by atoms with Gasteiger partial charge in [-0.2, -0.15) is 0 Å². The van der Waals surface area contributed by atoms with Crippen LogP contribution in [0.2, 0.25) is 0 Å². The molecule has 1 heterocycles. The molecule has 96 valence electrons. The van der Waals surface area contributed by atoms with Crippen LogP contribution in [-0.2, 0) is 5.75 Å². The minimum atomic E-state index is -0.420. The van der Waals surface area contributed by atoms with Crippen molar-refractivity contribution in [2.24, 2.45) is 0 Å². The molecule has 0 bridgehead atoms. The summed E-state index contributed by atoms with van der Waals surface area (Å²) < 4.78 is 26.4. The maximum Gasteiger partial charge on any atom is 0.182 e. The summed E-state index contributed by atoms with van der Waals surface area (Å²) in [5.41, 5.74) is 0. The first-order chi connectivity index (χ1) is 8.69. The third-order valence-electron chi connectivity index (χ3n) is 2.14. The number of halogens is 2. The smallest absolute Gasteiger partial charge is 0.182 e. The predicted octanol–water partition coefficient (Wildman–Crippen LogP) is 4.15. The molecule has 0 saturated carbocycles. The molecule has 0 spiro atoms. The Labute approximate surface area is 112 Å². The van der Waals surface area contributed by atoms with Crippen LogP contribution in [0.3, 0.4) is 0 Å². The molecule has 18 heavy (non-hydrogen) atoms. The SMILES string of the molecule is CCNc1ncc(CSc2cc(F)ccc2F)s1. The lowest BCUT2D eigenvalue weighted by Gasteiger charge is -2.01. The van der Waals surface area contributed by atoms with Gasteiger partial charge in [0.15, 0.2) is 5.13 Å². The van der Waals surface area contributed by atoms with Crippen molar-refractivity contribution in [2.45, 2.75) is 17.6 Å². The predicted molar refractivity (Wildman–Crippen MR) is 72.2 cm³/mol. The molecule has 0 amide bonds. The topological polar surface area (TPSA) is 24.9 Å². The minimum Gasteiger partial charge on any atom is -0.362 e. The van der Waals surface area contributed by atoms with Crippen molar-refractivity contribution >= 4 is 28.2 Å². The summed E-state index contributed by atoms with van der Waals surface area (Å²) in [6.07, 6.45) is 1.76. The third-order valence-corrected chi connectivity index (χ3v) is 4.36. The monoisotopic (exact) mass is 286 g/mol. The van der Waals surface area contributed by atoms with Crippen LogP contribution >= 0.6 is 23.1 Å². The normalized spacial score (nSPS) is 10.6. The van der Waals surface area contributed by atoms with E-state index in [1.807, 2.05) is 6.92 Å². The fourth-order valence-corrected chi connectivity index (χ4v) is 3.21. The van der Waals surface area contributed by atoms with Gasteiger partial charge in [0.05, 0.1) is 0 Å². The molecule has 0 atom stereocenters. The molecule has 1 aromatic heterocycles. The molecule has 2 nitrogen and oxygen atoms in total. The largest absolute Gasteiger partial charge is 0.362 e. The molecule has 0 aliphatic rings. The minimum absolute atomic E-state index is 0.327. The number of nitrogens with zero attached hydrogens (tertiary/aromatic N) is 1.